The minimum Gasteiger partial charge on any atom is -0.458 e. The molecule has 1 spiro atoms. The zero-order valence-electron chi connectivity index (χ0n) is 21.2. The van der Waals surface area contributed by atoms with Gasteiger partial charge in [-0.05, 0) is 112 Å². The van der Waals surface area contributed by atoms with Gasteiger partial charge in [-0.2, -0.15) is 0 Å². The molecule has 0 aromatic heterocycles. The van der Waals surface area contributed by atoms with Crippen LogP contribution in [0.1, 0.15) is 92.4 Å². The van der Waals surface area contributed by atoms with E-state index < -0.39 is 0 Å². The Morgan fingerprint density at radius 3 is 2.53 bits per heavy atom. The number of fused-ring (bicyclic) bond motifs is 4. The topological polar surface area (TPSA) is 35.5 Å². The van der Waals surface area contributed by atoms with Crippen molar-refractivity contribution in [2.45, 2.75) is 105 Å². The standard InChI is InChI=1S/C29H44O3/c1-16-13-24(32-26(30)17(16)2)18(3)21-7-8-22-20-14-25(31-6)29-15-19(29)9-12-28(29,5)23(20)10-11-27(21,22)4/h18-25H,7-15H2,1-6H3/t18-,19+,20-,21+,22-,23-,24+,25+,27+,28+,29-/m0/s1. The molecular formula is C29H44O3. The minimum atomic E-state index is -0.0809. The smallest absolute Gasteiger partial charge is 0.333 e. The number of esters is 1. The Morgan fingerprint density at radius 2 is 1.84 bits per heavy atom. The minimum absolute atomic E-state index is 0.0606. The second-order valence-corrected chi connectivity index (χ2v) is 13.4. The molecule has 6 rings (SSSR count). The van der Waals surface area contributed by atoms with Crippen LogP contribution in [0.2, 0.25) is 0 Å². The molecule has 5 saturated carbocycles. The Hall–Kier alpha value is -0.830. The van der Waals surface area contributed by atoms with Crippen molar-refractivity contribution in [2.24, 2.45) is 51.8 Å². The van der Waals surface area contributed by atoms with Crippen molar-refractivity contribution in [1.29, 1.82) is 0 Å². The summed E-state index contributed by atoms with van der Waals surface area (Å²) >= 11 is 0. The van der Waals surface area contributed by atoms with Crippen LogP contribution in [-0.2, 0) is 14.3 Å². The summed E-state index contributed by atoms with van der Waals surface area (Å²) in [7, 11) is 1.99. The SMILES string of the molecule is CO[C@@H]1C[C@H]2[C@@H]3CC[C@H]([C@H](C)[C@H]4CC(C)=C(C)C(=O)O4)[C@@]3(C)CC[C@@H]2[C@@]2(C)CC[C@@H]3C[C@]312. The highest BCUT2D eigenvalue weighted by molar-refractivity contribution is 5.89. The van der Waals surface area contributed by atoms with Gasteiger partial charge in [0.05, 0.1) is 6.10 Å². The van der Waals surface area contributed by atoms with Crippen LogP contribution in [0.25, 0.3) is 0 Å². The lowest BCUT2D eigenvalue weighted by molar-refractivity contribution is -0.166. The third kappa shape index (κ3) is 2.50. The van der Waals surface area contributed by atoms with Crippen molar-refractivity contribution >= 4 is 5.97 Å². The van der Waals surface area contributed by atoms with Crippen molar-refractivity contribution < 1.29 is 14.3 Å². The molecule has 0 radical (unpaired) electrons. The van der Waals surface area contributed by atoms with E-state index in [0.29, 0.717) is 34.2 Å². The molecule has 0 amide bonds. The molecule has 0 bridgehead atoms. The second-order valence-electron chi connectivity index (χ2n) is 13.4. The maximum atomic E-state index is 12.4. The highest BCUT2D eigenvalue weighted by atomic mass is 16.5. The monoisotopic (exact) mass is 440 g/mol. The van der Waals surface area contributed by atoms with Gasteiger partial charge in [0, 0.05) is 24.5 Å². The number of hydrogen-bond donors (Lipinski definition) is 0. The lowest BCUT2D eigenvalue weighted by atomic mass is 9.45. The Morgan fingerprint density at radius 1 is 1.06 bits per heavy atom. The highest BCUT2D eigenvalue weighted by Gasteiger charge is 2.77. The van der Waals surface area contributed by atoms with Crippen LogP contribution in [0.5, 0.6) is 0 Å². The van der Waals surface area contributed by atoms with E-state index in [9.17, 15) is 4.79 Å². The van der Waals surface area contributed by atoms with E-state index in [4.69, 9.17) is 9.47 Å². The van der Waals surface area contributed by atoms with Gasteiger partial charge in [-0.3, -0.25) is 0 Å². The van der Waals surface area contributed by atoms with E-state index in [1.807, 2.05) is 14.0 Å². The molecule has 5 fully saturated rings. The van der Waals surface area contributed by atoms with Crippen molar-refractivity contribution in [3.05, 3.63) is 11.1 Å². The molecule has 0 N–H and O–H groups in total. The molecule has 32 heavy (non-hydrogen) atoms. The van der Waals surface area contributed by atoms with Gasteiger partial charge < -0.3 is 9.47 Å². The van der Waals surface area contributed by atoms with E-state index in [1.54, 1.807) is 0 Å². The Labute approximate surface area is 195 Å². The van der Waals surface area contributed by atoms with Gasteiger partial charge in [0.15, 0.2) is 0 Å². The van der Waals surface area contributed by atoms with Gasteiger partial charge in [0.25, 0.3) is 0 Å². The van der Waals surface area contributed by atoms with Crippen LogP contribution >= 0.6 is 0 Å². The number of ether oxygens (including phenoxy) is 2. The number of methoxy groups -OCH3 is 1. The second kappa shape index (κ2) is 6.86. The Balaban J connectivity index is 1.27. The van der Waals surface area contributed by atoms with Gasteiger partial charge in [-0.1, -0.05) is 26.3 Å². The van der Waals surface area contributed by atoms with Crippen molar-refractivity contribution in [3.63, 3.8) is 0 Å². The van der Waals surface area contributed by atoms with E-state index >= 15 is 0 Å². The first-order valence-corrected chi connectivity index (χ1v) is 13.6. The molecule has 0 saturated heterocycles. The average Bonchev–Trinajstić information content (AvgIpc) is 3.27. The van der Waals surface area contributed by atoms with Crippen LogP contribution in [-0.4, -0.2) is 25.3 Å². The summed E-state index contributed by atoms with van der Waals surface area (Å²) in [6, 6.07) is 0. The molecule has 1 aliphatic heterocycles. The molecule has 0 unspecified atom stereocenters. The lowest BCUT2D eigenvalue weighted by Crippen LogP contribution is -2.57. The number of cyclic esters (lactones) is 1. The first-order chi connectivity index (χ1) is 15.2. The molecule has 3 heteroatoms. The maximum Gasteiger partial charge on any atom is 0.333 e. The van der Waals surface area contributed by atoms with Crippen LogP contribution < -0.4 is 0 Å². The van der Waals surface area contributed by atoms with E-state index in [0.717, 1.165) is 35.7 Å². The maximum absolute atomic E-state index is 12.4. The van der Waals surface area contributed by atoms with Crippen LogP contribution in [0.15, 0.2) is 11.1 Å². The molecule has 1 heterocycles. The van der Waals surface area contributed by atoms with Crippen molar-refractivity contribution in [1.82, 2.24) is 0 Å². The van der Waals surface area contributed by atoms with E-state index in [-0.39, 0.29) is 12.1 Å². The van der Waals surface area contributed by atoms with Gasteiger partial charge in [0.2, 0.25) is 0 Å². The molecule has 0 aromatic carbocycles. The number of hydrogen-bond acceptors (Lipinski definition) is 3. The molecule has 5 aliphatic carbocycles. The summed E-state index contributed by atoms with van der Waals surface area (Å²) in [5.74, 6) is 4.51. The van der Waals surface area contributed by atoms with Crippen molar-refractivity contribution in [2.75, 3.05) is 7.11 Å². The van der Waals surface area contributed by atoms with E-state index in [1.165, 1.54) is 56.9 Å². The molecule has 6 aliphatic rings. The fourth-order valence-electron chi connectivity index (χ4n) is 10.9. The number of carbonyl (C=O) groups excluding carboxylic acids is 1. The van der Waals surface area contributed by atoms with Gasteiger partial charge in [0.1, 0.15) is 6.10 Å². The number of rotatable bonds is 3. The quantitative estimate of drug-likeness (QED) is 0.466. The molecule has 0 aromatic rings. The molecule has 178 valence electrons. The summed E-state index contributed by atoms with van der Waals surface area (Å²) in [6.45, 7) is 11.7. The predicted molar refractivity (Wildman–Crippen MR) is 126 cm³/mol. The third-order valence-corrected chi connectivity index (χ3v) is 12.8. The fraction of sp³-hybridized carbons (Fsp3) is 0.897. The fourth-order valence-corrected chi connectivity index (χ4v) is 10.9. The van der Waals surface area contributed by atoms with Crippen LogP contribution in [0, 0.1) is 51.8 Å². The zero-order chi connectivity index (χ0) is 22.6. The molecule has 11 atom stereocenters. The first-order valence-electron chi connectivity index (χ1n) is 13.6. The van der Waals surface area contributed by atoms with Gasteiger partial charge >= 0.3 is 5.97 Å². The largest absolute Gasteiger partial charge is 0.458 e. The summed E-state index contributed by atoms with van der Waals surface area (Å²) in [4.78, 5) is 12.4. The Bertz CT molecular complexity index is 860. The first kappa shape index (κ1) is 21.7. The van der Waals surface area contributed by atoms with Gasteiger partial charge in [-0.25, -0.2) is 4.79 Å². The molecular weight excluding hydrogens is 396 g/mol. The average molecular weight is 441 g/mol. The van der Waals surface area contributed by atoms with Crippen LogP contribution in [0.4, 0.5) is 0 Å². The zero-order valence-corrected chi connectivity index (χ0v) is 21.2. The summed E-state index contributed by atoms with van der Waals surface area (Å²) in [5.41, 5.74) is 3.46. The lowest BCUT2D eigenvalue weighted by Gasteiger charge is -2.61. The summed E-state index contributed by atoms with van der Waals surface area (Å²) in [5, 5.41) is 0. The van der Waals surface area contributed by atoms with Gasteiger partial charge in [-0.15, -0.1) is 0 Å². The summed E-state index contributed by atoms with van der Waals surface area (Å²) in [6.07, 6.45) is 12.5. The van der Waals surface area contributed by atoms with Crippen LogP contribution in [0.3, 0.4) is 0 Å². The van der Waals surface area contributed by atoms with Crippen molar-refractivity contribution in [3.8, 4) is 0 Å². The van der Waals surface area contributed by atoms with E-state index in [2.05, 4.69) is 27.7 Å². The number of carbonyl (C=O) groups is 1. The highest BCUT2D eigenvalue weighted by Crippen LogP contribution is 2.82. The Kier molecular flexibility index (Phi) is 4.65. The normalized spacial score (nSPS) is 54.9. The summed E-state index contributed by atoms with van der Waals surface area (Å²) < 4.78 is 12.3. The molecule has 3 nitrogen and oxygen atoms in total. The predicted octanol–water partition coefficient (Wildman–Crippen LogP) is 6.56. The third-order valence-electron chi connectivity index (χ3n) is 12.8.